The number of aromatic nitrogens is 6. The third-order valence-corrected chi connectivity index (χ3v) is 6.09. The van der Waals surface area contributed by atoms with Gasteiger partial charge in [-0.25, -0.2) is 19.3 Å². The van der Waals surface area contributed by atoms with E-state index in [0.29, 0.717) is 34.5 Å². The molecule has 35 heavy (non-hydrogen) atoms. The molecular formula is C25H23FN6O3. The molecule has 1 fully saturated rings. The van der Waals surface area contributed by atoms with Gasteiger partial charge in [-0.05, 0) is 55.9 Å². The lowest BCUT2D eigenvalue weighted by Crippen LogP contribution is -2.25. The molecule has 1 saturated carbocycles. The van der Waals surface area contributed by atoms with E-state index < -0.39 is 5.97 Å². The first-order valence-corrected chi connectivity index (χ1v) is 11.4. The molecule has 3 aromatic heterocycles. The number of nitrogens with one attached hydrogen (secondary N) is 1. The molecule has 1 aliphatic carbocycles. The van der Waals surface area contributed by atoms with Gasteiger partial charge in [0.15, 0.2) is 11.6 Å². The average Bonchev–Trinajstić information content (AvgIpc) is 3.36. The number of hydrogen-bond acceptors (Lipinski definition) is 7. The van der Waals surface area contributed by atoms with Crippen LogP contribution in [0.5, 0.6) is 6.01 Å². The fourth-order valence-corrected chi connectivity index (χ4v) is 4.22. The molecule has 4 aromatic rings. The summed E-state index contributed by atoms with van der Waals surface area (Å²) in [5.41, 5.74) is 2.45. The van der Waals surface area contributed by atoms with E-state index in [2.05, 4.69) is 30.1 Å². The average molecular weight is 474 g/mol. The van der Waals surface area contributed by atoms with E-state index in [1.54, 1.807) is 36.8 Å². The Labute approximate surface area is 200 Å². The zero-order valence-corrected chi connectivity index (χ0v) is 18.8. The van der Waals surface area contributed by atoms with Crippen LogP contribution in [0.1, 0.15) is 32.1 Å². The number of nitrogens with zero attached hydrogens (tertiary/aromatic N) is 5. The molecule has 0 unspecified atom stereocenters. The number of hydrogen-bond donors (Lipinski definition) is 2. The van der Waals surface area contributed by atoms with Crippen molar-refractivity contribution in [3.63, 3.8) is 0 Å². The highest BCUT2D eigenvalue weighted by Gasteiger charge is 2.24. The van der Waals surface area contributed by atoms with Crippen molar-refractivity contribution in [3.05, 3.63) is 60.8 Å². The highest BCUT2D eigenvalue weighted by Crippen LogP contribution is 2.29. The van der Waals surface area contributed by atoms with Crippen LogP contribution in [-0.2, 0) is 4.79 Å². The topological polar surface area (TPSA) is 127 Å². The van der Waals surface area contributed by atoms with Crippen molar-refractivity contribution in [2.75, 3.05) is 0 Å². The molecule has 0 bridgehead atoms. The van der Waals surface area contributed by atoms with E-state index in [1.165, 1.54) is 6.07 Å². The molecule has 10 heteroatoms. The predicted molar refractivity (Wildman–Crippen MR) is 125 cm³/mol. The van der Waals surface area contributed by atoms with Gasteiger partial charge in [-0.1, -0.05) is 12.1 Å². The fourth-order valence-electron chi connectivity index (χ4n) is 4.22. The minimum Gasteiger partial charge on any atom is -0.481 e. The number of halogens is 1. The van der Waals surface area contributed by atoms with E-state index in [4.69, 9.17) is 9.84 Å². The maximum atomic E-state index is 14.0. The Morgan fingerprint density at radius 2 is 1.74 bits per heavy atom. The maximum Gasteiger partial charge on any atom is 0.316 e. The van der Waals surface area contributed by atoms with E-state index >= 15 is 0 Å². The lowest BCUT2D eigenvalue weighted by atomic mass is 9.85. The van der Waals surface area contributed by atoms with Gasteiger partial charge in [-0.3, -0.25) is 14.9 Å². The summed E-state index contributed by atoms with van der Waals surface area (Å²) in [6, 6.07) is 10.3. The monoisotopic (exact) mass is 474 g/mol. The van der Waals surface area contributed by atoms with Crippen LogP contribution >= 0.6 is 0 Å². The number of carbonyl (C=O) groups is 1. The Balaban J connectivity index is 1.21. The van der Waals surface area contributed by atoms with E-state index in [9.17, 15) is 9.18 Å². The molecule has 9 nitrogen and oxygen atoms in total. The van der Waals surface area contributed by atoms with Crippen LogP contribution in [0.15, 0.2) is 55.0 Å². The van der Waals surface area contributed by atoms with Crippen LogP contribution in [0.25, 0.3) is 34.0 Å². The Bertz CT molecular complexity index is 1300. The van der Waals surface area contributed by atoms with Crippen molar-refractivity contribution in [3.8, 4) is 40.0 Å². The second-order valence-electron chi connectivity index (χ2n) is 8.53. The number of ether oxygens (including phenoxy) is 1. The minimum absolute atomic E-state index is 0.00101. The summed E-state index contributed by atoms with van der Waals surface area (Å²) in [5.74, 6) is -0.140. The minimum atomic E-state index is -0.747. The smallest absolute Gasteiger partial charge is 0.316 e. The van der Waals surface area contributed by atoms with E-state index in [1.807, 2.05) is 12.1 Å². The summed E-state index contributed by atoms with van der Waals surface area (Å²) < 4.78 is 19.9. The van der Waals surface area contributed by atoms with Gasteiger partial charge in [-0.15, -0.1) is 0 Å². The lowest BCUT2D eigenvalue weighted by molar-refractivity contribution is -0.138. The zero-order valence-electron chi connectivity index (χ0n) is 18.8. The first kappa shape index (κ1) is 22.6. The van der Waals surface area contributed by atoms with Gasteiger partial charge in [0.25, 0.3) is 0 Å². The molecule has 0 aliphatic heterocycles. The van der Waals surface area contributed by atoms with Crippen LogP contribution in [0.2, 0.25) is 0 Å². The molecule has 0 amide bonds. The third kappa shape index (κ3) is 5.32. The molecule has 178 valence electrons. The summed E-state index contributed by atoms with van der Waals surface area (Å²) >= 11 is 0. The third-order valence-electron chi connectivity index (χ3n) is 6.09. The number of pyridine rings is 1. The first-order chi connectivity index (χ1) is 17.0. The van der Waals surface area contributed by atoms with Gasteiger partial charge in [0.05, 0.1) is 11.3 Å². The Morgan fingerprint density at radius 1 is 1.00 bits per heavy atom. The second kappa shape index (κ2) is 9.96. The van der Waals surface area contributed by atoms with Crippen LogP contribution in [0, 0.1) is 11.7 Å². The second-order valence-corrected chi connectivity index (χ2v) is 8.53. The normalized spacial score (nSPS) is 17.7. The quantitative estimate of drug-likeness (QED) is 0.400. The number of carboxylic acid groups (broad SMARTS) is 1. The molecule has 0 spiro atoms. The largest absolute Gasteiger partial charge is 0.481 e. The maximum absolute atomic E-state index is 14.0. The molecule has 3 heterocycles. The summed E-state index contributed by atoms with van der Waals surface area (Å²) in [6.45, 7) is 0. The number of aromatic amines is 1. The van der Waals surface area contributed by atoms with Crippen LogP contribution in [-0.4, -0.2) is 47.3 Å². The van der Waals surface area contributed by atoms with E-state index in [-0.39, 0.29) is 24.3 Å². The molecule has 0 atom stereocenters. The van der Waals surface area contributed by atoms with Crippen molar-refractivity contribution in [2.45, 2.75) is 38.2 Å². The van der Waals surface area contributed by atoms with E-state index in [0.717, 1.165) is 31.2 Å². The number of benzene rings is 1. The van der Waals surface area contributed by atoms with Crippen molar-refractivity contribution in [1.82, 2.24) is 30.1 Å². The predicted octanol–water partition coefficient (Wildman–Crippen LogP) is 4.54. The Morgan fingerprint density at radius 3 is 2.43 bits per heavy atom. The van der Waals surface area contributed by atoms with Crippen molar-refractivity contribution < 1.29 is 19.0 Å². The molecule has 2 N–H and O–H groups in total. The summed E-state index contributed by atoms with van der Waals surface area (Å²) in [5, 5.41) is 15.9. The van der Waals surface area contributed by atoms with Gasteiger partial charge in [0.1, 0.15) is 11.9 Å². The van der Waals surface area contributed by atoms with Crippen LogP contribution in [0.3, 0.4) is 0 Å². The molecule has 0 saturated heterocycles. The van der Waals surface area contributed by atoms with Gasteiger partial charge < -0.3 is 9.84 Å². The van der Waals surface area contributed by atoms with Gasteiger partial charge >= 0.3 is 12.0 Å². The molecule has 1 aromatic carbocycles. The molecule has 1 aliphatic rings. The summed E-state index contributed by atoms with van der Waals surface area (Å²) in [7, 11) is 0. The summed E-state index contributed by atoms with van der Waals surface area (Å²) in [6.07, 6.45) is 8.43. The number of rotatable bonds is 7. The molecule has 0 radical (unpaired) electrons. The Hall–Kier alpha value is -4.21. The number of aliphatic carboxylic acids is 1. The highest BCUT2D eigenvalue weighted by atomic mass is 19.1. The lowest BCUT2D eigenvalue weighted by Gasteiger charge is -2.27. The van der Waals surface area contributed by atoms with Crippen LogP contribution in [0.4, 0.5) is 4.39 Å². The van der Waals surface area contributed by atoms with Crippen LogP contribution < -0.4 is 4.74 Å². The zero-order chi connectivity index (χ0) is 24.2. The number of carboxylic acids is 1. The first-order valence-electron chi connectivity index (χ1n) is 11.4. The highest BCUT2D eigenvalue weighted by molar-refractivity contribution is 5.67. The van der Waals surface area contributed by atoms with Crippen molar-refractivity contribution >= 4 is 5.97 Å². The number of H-pyrrole nitrogens is 1. The fraction of sp³-hybridized carbons (Fsp3) is 0.280. The molecular weight excluding hydrogens is 451 g/mol. The van der Waals surface area contributed by atoms with Crippen molar-refractivity contribution in [1.29, 1.82) is 0 Å². The SMILES string of the molecule is O=C(O)CC1CCC(Oc2ncc(-c3ccc(-c4n[nH]c(-c5ccccc5F)n4)cn3)cn2)CC1. The van der Waals surface area contributed by atoms with Gasteiger partial charge in [0.2, 0.25) is 0 Å². The molecule has 5 rings (SSSR count). The van der Waals surface area contributed by atoms with Crippen molar-refractivity contribution in [2.24, 2.45) is 5.92 Å². The summed E-state index contributed by atoms with van der Waals surface area (Å²) in [4.78, 5) is 28.3. The van der Waals surface area contributed by atoms with Gasteiger partial charge in [-0.2, -0.15) is 5.10 Å². The Kier molecular flexibility index (Phi) is 6.42. The standard InChI is InChI=1S/C25H23FN6O3/c26-20-4-2-1-3-19(20)24-30-23(31-32-24)16-7-10-21(27-12-16)17-13-28-25(29-14-17)35-18-8-5-15(6-9-18)11-22(33)34/h1-4,7,10,12-15,18H,5-6,8-9,11H2,(H,33,34)(H,30,31,32). The van der Waals surface area contributed by atoms with Gasteiger partial charge in [0, 0.05) is 36.1 Å².